The number of nitrogens with zero attached hydrogens (tertiary/aromatic N) is 3. The Bertz CT molecular complexity index is 925. The Balaban J connectivity index is 1.77. The van der Waals surface area contributed by atoms with Gasteiger partial charge in [-0.2, -0.15) is 5.10 Å². The molecular formula is C24H36ClN5O3. The van der Waals surface area contributed by atoms with Crippen LogP contribution in [0.15, 0.2) is 12.3 Å². The van der Waals surface area contributed by atoms with Gasteiger partial charge in [0.15, 0.2) is 5.69 Å². The largest absolute Gasteiger partial charge is 0.496 e. The molecule has 0 unspecified atom stereocenters. The molecule has 9 heteroatoms. The molecule has 8 nitrogen and oxygen atoms in total. The summed E-state index contributed by atoms with van der Waals surface area (Å²) in [6.07, 6.45) is 6.44. The van der Waals surface area contributed by atoms with E-state index in [1.807, 2.05) is 19.9 Å². The summed E-state index contributed by atoms with van der Waals surface area (Å²) in [4.78, 5) is 17.4. The van der Waals surface area contributed by atoms with Crippen LogP contribution in [0.2, 0.25) is 5.02 Å². The Morgan fingerprint density at radius 2 is 2.03 bits per heavy atom. The van der Waals surface area contributed by atoms with Crippen molar-refractivity contribution in [3.8, 4) is 17.0 Å². The summed E-state index contributed by atoms with van der Waals surface area (Å²) in [6.45, 7) is 9.33. The molecule has 0 aliphatic heterocycles. The van der Waals surface area contributed by atoms with Crippen LogP contribution in [-0.4, -0.2) is 54.1 Å². The van der Waals surface area contributed by atoms with Crippen molar-refractivity contribution in [2.75, 3.05) is 38.7 Å². The monoisotopic (exact) mass is 477 g/mol. The summed E-state index contributed by atoms with van der Waals surface area (Å²) in [5, 5.41) is 11.1. The van der Waals surface area contributed by atoms with Gasteiger partial charge in [-0.3, -0.25) is 9.48 Å². The van der Waals surface area contributed by atoms with Crippen molar-refractivity contribution in [1.82, 2.24) is 20.1 Å². The van der Waals surface area contributed by atoms with Crippen LogP contribution in [0.3, 0.4) is 0 Å². The number of amides is 1. The standard InChI is InChI=1S/C24H36ClN5O3/c1-5-30-23(18-15-27-20(13-19(18)32-4)26-11-12-33-6-2)21(25)22(29-30)24(31)28-14-17-9-7-16(3)8-10-17/h13,15-17H,5-12,14H2,1-4H3,(H,26,27)(H,28,31). The Hall–Kier alpha value is -2.32. The molecule has 3 rings (SSSR count). The van der Waals surface area contributed by atoms with Gasteiger partial charge in [0.1, 0.15) is 11.6 Å². The lowest BCUT2D eigenvalue weighted by Gasteiger charge is -2.26. The maximum atomic E-state index is 12.9. The zero-order chi connectivity index (χ0) is 23.8. The second-order valence-corrected chi connectivity index (χ2v) is 8.93. The smallest absolute Gasteiger partial charge is 0.273 e. The van der Waals surface area contributed by atoms with Crippen molar-refractivity contribution < 1.29 is 14.3 Å². The highest BCUT2D eigenvalue weighted by molar-refractivity contribution is 6.36. The summed E-state index contributed by atoms with van der Waals surface area (Å²) < 4.78 is 12.7. The SMILES string of the molecule is CCOCCNc1cc(OC)c(-c2c(Cl)c(C(=O)NCC3CCC(C)CC3)nn2CC)cn1. The number of rotatable bonds is 11. The van der Waals surface area contributed by atoms with Crippen LogP contribution in [0.1, 0.15) is 56.9 Å². The highest BCUT2D eigenvalue weighted by atomic mass is 35.5. The summed E-state index contributed by atoms with van der Waals surface area (Å²) in [7, 11) is 1.60. The molecule has 1 saturated carbocycles. The molecule has 182 valence electrons. The molecule has 0 atom stereocenters. The fourth-order valence-corrected chi connectivity index (χ4v) is 4.52. The third kappa shape index (κ3) is 6.38. The topological polar surface area (TPSA) is 90.3 Å². The number of anilines is 1. The number of hydrogen-bond acceptors (Lipinski definition) is 6. The summed E-state index contributed by atoms with van der Waals surface area (Å²) >= 11 is 6.71. The minimum absolute atomic E-state index is 0.235. The maximum Gasteiger partial charge on any atom is 0.273 e. The molecule has 2 heterocycles. The molecule has 0 saturated heterocycles. The molecule has 33 heavy (non-hydrogen) atoms. The molecule has 1 amide bonds. The Labute approximate surface area is 201 Å². The normalized spacial score (nSPS) is 18.2. The lowest BCUT2D eigenvalue weighted by molar-refractivity contribution is 0.0936. The van der Waals surface area contributed by atoms with E-state index < -0.39 is 0 Å². The van der Waals surface area contributed by atoms with E-state index >= 15 is 0 Å². The molecule has 2 N–H and O–H groups in total. The van der Waals surface area contributed by atoms with E-state index in [0.29, 0.717) is 66.6 Å². The molecule has 1 aliphatic rings. The van der Waals surface area contributed by atoms with Crippen LogP contribution >= 0.6 is 11.6 Å². The van der Waals surface area contributed by atoms with Crippen LogP contribution in [-0.2, 0) is 11.3 Å². The van der Waals surface area contributed by atoms with Gasteiger partial charge < -0.3 is 20.1 Å². The van der Waals surface area contributed by atoms with Gasteiger partial charge in [-0.25, -0.2) is 4.98 Å². The van der Waals surface area contributed by atoms with Gasteiger partial charge >= 0.3 is 0 Å². The molecule has 1 aliphatic carbocycles. The minimum atomic E-state index is -0.242. The lowest BCUT2D eigenvalue weighted by atomic mass is 9.83. The Morgan fingerprint density at radius 3 is 2.70 bits per heavy atom. The van der Waals surface area contributed by atoms with Gasteiger partial charge in [-0.15, -0.1) is 0 Å². The van der Waals surface area contributed by atoms with Gasteiger partial charge in [0.05, 0.1) is 30.0 Å². The molecule has 0 spiro atoms. The van der Waals surface area contributed by atoms with Crippen molar-refractivity contribution in [3.05, 3.63) is 23.0 Å². The van der Waals surface area contributed by atoms with Crippen LogP contribution in [0.25, 0.3) is 11.3 Å². The molecule has 0 radical (unpaired) electrons. The number of hydrogen-bond donors (Lipinski definition) is 2. The number of pyridine rings is 1. The first-order chi connectivity index (χ1) is 16.0. The van der Waals surface area contributed by atoms with Gasteiger partial charge in [0, 0.05) is 38.5 Å². The first-order valence-electron chi connectivity index (χ1n) is 11.9. The van der Waals surface area contributed by atoms with Crippen LogP contribution in [0, 0.1) is 11.8 Å². The predicted octanol–water partition coefficient (Wildman–Crippen LogP) is 4.63. The first kappa shape index (κ1) is 25.3. The number of nitrogens with one attached hydrogen (secondary N) is 2. The average molecular weight is 478 g/mol. The van der Waals surface area contributed by atoms with Crippen LogP contribution in [0.4, 0.5) is 5.82 Å². The highest BCUT2D eigenvalue weighted by Crippen LogP contribution is 2.37. The van der Waals surface area contributed by atoms with E-state index in [4.69, 9.17) is 21.1 Å². The van der Waals surface area contributed by atoms with E-state index in [0.717, 1.165) is 18.8 Å². The molecule has 1 fully saturated rings. The number of carbonyl (C=O) groups is 1. The minimum Gasteiger partial charge on any atom is -0.496 e. The zero-order valence-corrected chi connectivity index (χ0v) is 20.9. The molecule has 0 aromatic carbocycles. The number of ether oxygens (including phenoxy) is 2. The van der Waals surface area contributed by atoms with E-state index in [1.165, 1.54) is 12.8 Å². The highest BCUT2D eigenvalue weighted by Gasteiger charge is 2.26. The van der Waals surface area contributed by atoms with Crippen LogP contribution in [0.5, 0.6) is 5.75 Å². The summed E-state index contributed by atoms with van der Waals surface area (Å²) in [5.74, 6) is 2.33. The first-order valence-corrected chi connectivity index (χ1v) is 12.3. The fraction of sp³-hybridized carbons (Fsp3) is 0.625. The quantitative estimate of drug-likeness (QED) is 0.458. The summed E-state index contributed by atoms with van der Waals surface area (Å²) in [5.41, 5.74) is 1.55. The zero-order valence-electron chi connectivity index (χ0n) is 20.1. The molecule has 2 aromatic rings. The van der Waals surface area contributed by atoms with Crippen molar-refractivity contribution in [1.29, 1.82) is 0 Å². The average Bonchev–Trinajstić information content (AvgIpc) is 3.17. The summed E-state index contributed by atoms with van der Waals surface area (Å²) in [6, 6.07) is 1.81. The second kappa shape index (κ2) is 12.2. The number of aromatic nitrogens is 3. The van der Waals surface area contributed by atoms with E-state index in [1.54, 1.807) is 18.0 Å². The van der Waals surface area contributed by atoms with E-state index in [2.05, 4.69) is 27.6 Å². The van der Waals surface area contributed by atoms with Gasteiger partial charge in [0.2, 0.25) is 0 Å². The molecule has 2 aromatic heterocycles. The fourth-order valence-electron chi connectivity index (χ4n) is 4.20. The van der Waals surface area contributed by atoms with Gasteiger partial charge in [-0.05, 0) is 38.5 Å². The van der Waals surface area contributed by atoms with Crippen molar-refractivity contribution >= 4 is 23.3 Å². The van der Waals surface area contributed by atoms with Gasteiger partial charge in [-0.1, -0.05) is 31.4 Å². The number of methoxy groups -OCH3 is 1. The van der Waals surface area contributed by atoms with Crippen molar-refractivity contribution in [2.45, 2.75) is 53.0 Å². The Morgan fingerprint density at radius 1 is 1.27 bits per heavy atom. The Kier molecular flexibility index (Phi) is 9.38. The molecular weight excluding hydrogens is 442 g/mol. The third-order valence-electron chi connectivity index (χ3n) is 6.19. The van der Waals surface area contributed by atoms with E-state index in [9.17, 15) is 4.79 Å². The third-order valence-corrected chi connectivity index (χ3v) is 6.55. The lowest BCUT2D eigenvalue weighted by Crippen LogP contribution is -2.31. The van der Waals surface area contributed by atoms with Crippen molar-refractivity contribution in [2.24, 2.45) is 11.8 Å². The maximum absolute atomic E-state index is 12.9. The van der Waals surface area contributed by atoms with Crippen LogP contribution < -0.4 is 15.4 Å². The van der Waals surface area contributed by atoms with E-state index in [-0.39, 0.29) is 11.6 Å². The number of halogens is 1. The van der Waals surface area contributed by atoms with Gasteiger partial charge in [0.25, 0.3) is 5.91 Å². The number of aryl methyl sites for hydroxylation is 1. The van der Waals surface area contributed by atoms with Crippen molar-refractivity contribution in [3.63, 3.8) is 0 Å². The second-order valence-electron chi connectivity index (χ2n) is 8.56. The molecule has 0 bridgehead atoms. The predicted molar refractivity (Wildman–Crippen MR) is 131 cm³/mol. The number of carbonyl (C=O) groups excluding carboxylic acids is 1.